The van der Waals surface area contributed by atoms with Crippen LogP contribution in [0, 0.1) is 19.8 Å². The fraction of sp³-hybridized carbons (Fsp3) is 0.273. The van der Waals surface area contributed by atoms with E-state index in [9.17, 15) is 0 Å². The van der Waals surface area contributed by atoms with E-state index in [-0.39, 0.29) is 24.0 Å². The third-order valence-electron chi connectivity index (χ3n) is 4.25. The van der Waals surface area contributed by atoms with Crippen molar-refractivity contribution >= 4 is 35.6 Å². The van der Waals surface area contributed by atoms with E-state index < -0.39 is 0 Å². The van der Waals surface area contributed by atoms with E-state index in [2.05, 4.69) is 35.3 Å². The maximum Gasteiger partial charge on any atom is 0.193 e. The van der Waals surface area contributed by atoms with Crippen molar-refractivity contribution in [3.05, 3.63) is 72.1 Å². The Balaban J connectivity index is 0.00000300. The molecular formula is C22H28IN5O. The molecule has 1 heterocycles. The van der Waals surface area contributed by atoms with Crippen LogP contribution in [0.25, 0.3) is 0 Å². The number of nitrogens with zero attached hydrogens (tertiary/aromatic N) is 3. The van der Waals surface area contributed by atoms with Gasteiger partial charge in [0.2, 0.25) is 0 Å². The molecule has 0 radical (unpaired) electrons. The Morgan fingerprint density at radius 1 is 1.10 bits per heavy atom. The van der Waals surface area contributed by atoms with Crippen molar-refractivity contribution < 1.29 is 4.74 Å². The van der Waals surface area contributed by atoms with Crippen LogP contribution in [0.5, 0.6) is 11.5 Å². The Kier molecular flexibility index (Phi) is 8.50. The maximum absolute atomic E-state index is 6.06. The number of rotatable bonds is 7. The molecule has 1 aromatic heterocycles. The number of aliphatic imine (C=N–C) groups is 1. The first-order valence-corrected chi connectivity index (χ1v) is 9.40. The van der Waals surface area contributed by atoms with Crippen LogP contribution in [0.3, 0.4) is 0 Å². The average molecular weight is 505 g/mol. The summed E-state index contributed by atoms with van der Waals surface area (Å²) in [6, 6.07) is 19.4. The zero-order chi connectivity index (χ0) is 19.9. The molecule has 7 heteroatoms. The van der Waals surface area contributed by atoms with E-state index >= 15 is 0 Å². The Labute approximate surface area is 189 Å². The summed E-state index contributed by atoms with van der Waals surface area (Å²) in [6.45, 7) is 7.65. The third kappa shape index (κ3) is 7.08. The number of aromatic nitrogens is 2. The molecule has 3 rings (SSSR count). The van der Waals surface area contributed by atoms with Gasteiger partial charge < -0.3 is 15.8 Å². The summed E-state index contributed by atoms with van der Waals surface area (Å²) in [5.74, 6) is 2.24. The number of nitrogens with two attached hydrogens (primary N) is 1. The largest absolute Gasteiger partial charge is 0.457 e. The summed E-state index contributed by atoms with van der Waals surface area (Å²) < 4.78 is 7.87. The highest BCUT2D eigenvalue weighted by atomic mass is 127. The smallest absolute Gasteiger partial charge is 0.193 e. The molecule has 0 saturated heterocycles. The fourth-order valence-electron chi connectivity index (χ4n) is 2.92. The molecule has 0 saturated carbocycles. The van der Waals surface area contributed by atoms with Crippen LogP contribution in [-0.2, 0) is 6.54 Å². The summed E-state index contributed by atoms with van der Waals surface area (Å²) in [7, 11) is 0. The molecule has 3 N–H and O–H groups in total. The summed E-state index contributed by atoms with van der Waals surface area (Å²) in [5, 5.41) is 7.62. The van der Waals surface area contributed by atoms with Gasteiger partial charge in [0.15, 0.2) is 5.96 Å². The SMILES string of the molecule is Cc1cc(C)n(CC(C)CN=C(N)Nc2cccc(Oc3ccccc3)c2)n1.I. The number of nitrogens with one attached hydrogen (secondary N) is 1. The van der Waals surface area contributed by atoms with Gasteiger partial charge in [-0.1, -0.05) is 31.2 Å². The minimum Gasteiger partial charge on any atom is -0.457 e. The minimum atomic E-state index is 0. The Morgan fingerprint density at radius 3 is 2.52 bits per heavy atom. The van der Waals surface area contributed by atoms with E-state index in [1.54, 1.807) is 0 Å². The summed E-state index contributed by atoms with van der Waals surface area (Å²) in [5.41, 5.74) is 9.09. The van der Waals surface area contributed by atoms with Crippen LogP contribution in [-0.4, -0.2) is 22.3 Å². The highest BCUT2D eigenvalue weighted by Gasteiger charge is 2.07. The van der Waals surface area contributed by atoms with Gasteiger partial charge in [-0.3, -0.25) is 9.67 Å². The minimum absolute atomic E-state index is 0. The number of para-hydroxylation sites is 1. The van der Waals surface area contributed by atoms with Gasteiger partial charge >= 0.3 is 0 Å². The number of aryl methyl sites for hydroxylation is 2. The predicted molar refractivity (Wildman–Crippen MR) is 129 cm³/mol. The van der Waals surface area contributed by atoms with Gasteiger partial charge in [-0.15, -0.1) is 24.0 Å². The molecular weight excluding hydrogens is 477 g/mol. The maximum atomic E-state index is 6.06. The van der Waals surface area contributed by atoms with Crippen molar-refractivity contribution in [2.45, 2.75) is 27.3 Å². The topological polar surface area (TPSA) is 77.5 Å². The van der Waals surface area contributed by atoms with E-state index in [1.165, 1.54) is 0 Å². The first-order valence-electron chi connectivity index (χ1n) is 9.40. The lowest BCUT2D eigenvalue weighted by atomic mass is 10.2. The molecule has 1 unspecified atom stereocenters. The zero-order valence-electron chi connectivity index (χ0n) is 17.0. The molecule has 0 aliphatic rings. The number of halogens is 1. The molecule has 0 fully saturated rings. The highest BCUT2D eigenvalue weighted by molar-refractivity contribution is 14.0. The first-order chi connectivity index (χ1) is 13.5. The van der Waals surface area contributed by atoms with Crippen LogP contribution < -0.4 is 15.8 Å². The lowest BCUT2D eigenvalue weighted by Gasteiger charge is -2.12. The number of guanidine groups is 1. The normalized spacial score (nSPS) is 12.2. The second-order valence-electron chi connectivity index (χ2n) is 7.01. The van der Waals surface area contributed by atoms with Crippen LogP contribution >= 0.6 is 24.0 Å². The van der Waals surface area contributed by atoms with Crippen molar-refractivity contribution in [1.82, 2.24) is 9.78 Å². The van der Waals surface area contributed by atoms with Crippen LogP contribution in [0.4, 0.5) is 5.69 Å². The number of anilines is 1. The van der Waals surface area contributed by atoms with Crippen LogP contribution in [0.1, 0.15) is 18.3 Å². The summed E-state index contributed by atoms with van der Waals surface area (Å²) in [4.78, 5) is 4.47. The van der Waals surface area contributed by atoms with Crippen molar-refractivity contribution in [1.29, 1.82) is 0 Å². The first kappa shape index (κ1) is 22.7. The molecule has 154 valence electrons. The standard InChI is InChI=1S/C22H27N5O.HI/c1-16(15-27-18(3)12-17(2)26-27)14-24-22(23)25-19-8-7-11-21(13-19)28-20-9-5-4-6-10-20;/h4-13,16H,14-15H2,1-3H3,(H3,23,24,25);1H. The molecule has 3 aromatic rings. The van der Waals surface area contributed by atoms with Crippen molar-refractivity contribution in [2.24, 2.45) is 16.6 Å². The molecule has 0 spiro atoms. The van der Waals surface area contributed by atoms with E-state index in [4.69, 9.17) is 10.5 Å². The van der Waals surface area contributed by atoms with Gasteiger partial charge in [0.1, 0.15) is 11.5 Å². The number of ether oxygens (including phenoxy) is 1. The van der Waals surface area contributed by atoms with E-state index in [0.717, 1.165) is 35.1 Å². The Hall–Kier alpha value is -2.55. The monoisotopic (exact) mass is 505 g/mol. The molecule has 0 bridgehead atoms. The Morgan fingerprint density at radius 2 is 1.83 bits per heavy atom. The molecule has 1 atom stereocenters. The number of hydrogen-bond acceptors (Lipinski definition) is 3. The van der Waals surface area contributed by atoms with Gasteiger partial charge in [-0.2, -0.15) is 5.10 Å². The highest BCUT2D eigenvalue weighted by Crippen LogP contribution is 2.23. The van der Waals surface area contributed by atoms with Gasteiger partial charge in [-0.05, 0) is 50.1 Å². The van der Waals surface area contributed by atoms with Gasteiger partial charge in [-0.25, -0.2) is 0 Å². The molecule has 29 heavy (non-hydrogen) atoms. The van der Waals surface area contributed by atoms with E-state index in [1.807, 2.05) is 66.2 Å². The lowest BCUT2D eigenvalue weighted by molar-refractivity contribution is 0.450. The second kappa shape index (κ2) is 10.8. The van der Waals surface area contributed by atoms with Crippen LogP contribution in [0.2, 0.25) is 0 Å². The van der Waals surface area contributed by atoms with Crippen molar-refractivity contribution in [3.8, 4) is 11.5 Å². The average Bonchev–Trinajstić information content (AvgIpc) is 2.98. The quantitative estimate of drug-likeness (QED) is 0.270. The third-order valence-corrected chi connectivity index (χ3v) is 4.25. The number of hydrogen-bond donors (Lipinski definition) is 2. The van der Waals surface area contributed by atoms with Gasteiger partial charge in [0.25, 0.3) is 0 Å². The predicted octanol–water partition coefficient (Wildman–Crippen LogP) is 4.97. The molecule has 2 aromatic carbocycles. The molecule has 6 nitrogen and oxygen atoms in total. The van der Waals surface area contributed by atoms with Gasteiger partial charge in [0, 0.05) is 30.5 Å². The second-order valence-corrected chi connectivity index (χ2v) is 7.01. The number of benzene rings is 2. The van der Waals surface area contributed by atoms with Gasteiger partial charge in [0.05, 0.1) is 5.69 Å². The lowest BCUT2D eigenvalue weighted by Crippen LogP contribution is -2.24. The Bertz CT molecular complexity index is 939. The fourth-order valence-corrected chi connectivity index (χ4v) is 2.92. The van der Waals surface area contributed by atoms with Crippen molar-refractivity contribution in [3.63, 3.8) is 0 Å². The van der Waals surface area contributed by atoms with Crippen LogP contribution in [0.15, 0.2) is 65.7 Å². The summed E-state index contributed by atoms with van der Waals surface area (Å²) >= 11 is 0. The summed E-state index contributed by atoms with van der Waals surface area (Å²) in [6.07, 6.45) is 0. The van der Waals surface area contributed by atoms with Crippen molar-refractivity contribution in [2.75, 3.05) is 11.9 Å². The van der Waals surface area contributed by atoms with E-state index in [0.29, 0.717) is 18.4 Å². The zero-order valence-corrected chi connectivity index (χ0v) is 19.3. The molecule has 0 aliphatic heterocycles. The molecule has 0 aliphatic carbocycles. The molecule has 0 amide bonds.